The van der Waals surface area contributed by atoms with Gasteiger partial charge in [-0.1, -0.05) is 115 Å². The fourth-order valence-corrected chi connectivity index (χ4v) is 8.61. The Bertz CT molecular complexity index is 1360. The fourth-order valence-electron chi connectivity index (χ4n) is 6.89. The van der Waals surface area contributed by atoms with Crippen LogP contribution in [-0.2, 0) is 9.59 Å². The van der Waals surface area contributed by atoms with Crippen LogP contribution in [0.1, 0.15) is 25.0 Å². The number of rotatable bonds is 3. The molecule has 4 nitrogen and oxygen atoms in total. The summed E-state index contributed by atoms with van der Waals surface area (Å²) < 4.78 is -1.12. The number of hydrogen-bond donors (Lipinski definition) is 1. The predicted octanol–water partition coefficient (Wildman–Crippen LogP) is 5.36. The van der Waals surface area contributed by atoms with Gasteiger partial charge in [-0.2, -0.15) is 0 Å². The molecule has 5 atom stereocenters. The number of hydrogen-bond acceptors (Lipinski definition) is 3. The molecule has 3 aliphatic rings. The Morgan fingerprint density at radius 3 is 1.76 bits per heavy atom. The van der Waals surface area contributed by atoms with Gasteiger partial charge >= 0.3 is 0 Å². The third kappa shape index (κ3) is 2.32. The largest absolute Gasteiger partial charge is 0.391 e. The summed E-state index contributed by atoms with van der Waals surface area (Å²) in [5.74, 6) is -1.17. The van der Waals surface area contributed by atoms with E-state index in [0.717, 1.165) is 22.3 Å². The van der Waals surface area contributed by atoms with Crippen molar-refractivity contribution in [3.63, 3.8) is 0 Å². The molecule has 34 heavy (non-hydrogen) atoms. The lowest BCUT2D eigenvalue weighted by Gasteiger charge is -2.42. The highest BCUT2D eigenvalue weighted by molar-refractivity contribution is 14.1. The fraction of sp³-hybridized carbons (Fsp3) is 0.241. The molecule has 2 amide bonds. The highest BCUT2D eigenvalue weighted by atomic mass is 127. The summed E-state index contributed by atoms with van der Waals surface area (Å²) in [5, 5.41) is 12.0. The number of carbonyl (C=O) groups excluding carboxylic acids is 2. The number of nitrogens with zero attached hydrogens (tertiary/aromatic N) is 1. The molecule has 1 N–H and O–H groups in total. The SMILES string of the molecule is CC12C(c3ccccc3)=C(c3ccccc3)C(C)(C1O)C1(I)C(=O)N(c3ccccc3)C(=O)C21. The van der Waals surface area contributed by atoms with Gasteiger partial charge in [0.25, 0.3) is 5.91 Å². The third-order valence-electron chi connectivity index (χ3n) is 8.30. The quantitative estimate of drug-likeness (QED) is 0.266. The molecule has 2 fully saturated rings. The molecule has 5 unspecified atom stereocenters. The van der Waals surface area contributed by atoms with Crippen molar-refractivity contribution in [1.82, 2.24) is 0 Å². The molecule has 170 valence electrons. The zero-order valence-electron chi connectivity index (χ0n) is 18.9. The van der Waals surface area contributed by atoms with Crippen molar-refractivity contribution in [1.29, 1.82) is 0 Å². The molecule has 0 aromatic heterocycles. The van der Waals surface area contributed by atoms with Gasteiger partial charge in [-0.15, -0.1) is 0 Å². The maximum absolute atomic E-state index is 14.2. The molecule has 3 aromatic carbocycles. The van der Waals surface area contributed by atoms with Crippen LogP contribution in [-0.4, -0.2) is 26.4 Å². The van der Waals surface area contributed by atoms with Gasteiger partial charge in [-0.3, -0.25) is 9.59 Å². The van der Waals surface area contributed by atoms with Crippen LogP contribution in [0, 0.1) is 16.7 Å². The Kier molecular flexibility index (Phi) is 4.55. The first kappa shape index (κ1) is 21.7. The van der Waals surface area contributed by atoms with Crippen molar-refractivity contribution < 1.29 is 14.7 Å². The van der Waals surface area contributed by atoms with Crippen molar-refractivity contribution in [2.75, 3.05) is 4.90 Å². The van der Waals surface area contributed by atoms with Gasteiger partial charge in [0.15, 0.2) is 0 Å². The predicted molar refractivity (Wildman–Crippen MR) is 141 cm³/mol. The van der Waals surface area contributed by atoms with Crippen LogP contribution >= 0.6 is 22.6 Å². The lowest BCUT2D eigenvalue weighted by atomic mass is 9.63. The van der Waals surface area contributed by atoms with E-state index in [0.29, 0.717) is 5.69 Å². The van der Waals surface area contributed by atoms with E-state index in [9.17, 15) is 14.7 Å². The lowest BCUT2D eigenvalue weighted by Crippen LogP contribution is -2.51. The number of aliphatic hydroxyl groups excluding tert-OH is 1. The number of imide groups is 1. The summed E-state index contributed by atoms with van der Waals surface area (Å²) >= 11 is 2.20. The summed E-state index contributed by atoms with van der Waals surface area (Å²) in [4.78, 5) is 29.6. The number of anilines is 1. The van der Waals surface area contributed by atoms with Crippen LogP contribution < -0.4 is 4.90 Å². The third-order valence-corrected chi connectivity index (χ3v) is 10.5. The average molecular weight is 561 g/mol. The van der Waals surface area contributed by atoms with Gasteiger partial charge in [-0.05, 0) is 34.4 Å². The van der Waals surface area contributed by atoms with Crippen LogP contribution in [0.15, 0.2) is 91.0 Å². The summed E-state index contributed by atoms with van der Waals surface area (Å²) in [7, 11) is 0. The van der Waals surface area contributed by atoms with E-state index in [1.54, 1.807) is 12.1 Å². The molecule has 0 spiro atoms. The molecular formula is C29H24INO3. The van der Waals surface area contributed by atoms with Crippen molar-refractivity contribution >= 4 is 51.2 Å². The zero-order valence-corrected chi connectivity index (χ0v) is 21.1. The first-order valence-electron chi connectivity index (χ1n) is 11.5. The van der Waals surface area contributed by atoms with Crippen molar-refractivity contribution in [2.45, 2.75) is 23.4 Å². The van der Waals surface area contributed by atoms with E-state index < -0.39 is 26.3 Å². The van der Waals surface area contributed by atoms with Crippen LogP contribution in [0.3, 0.4) is 0 Å². The van der Waals surface area contributed by atoms with Crippen LogP contribution in [0.5, 0.6) is 0 Å². The van der Waals surface area contributed by atoms with Crippen molar-refractivity contribution in [3.8, 4) is 0 Å². The standard InChI is InChI=1S/C29H24INO3/c1-27-21(18-12-6-3-7-13-18)22(19-14-8-4-9-15-19)28(2,25(27)33)29(30)23(27)24(32)31(26(29)34)20-16-10-5-11-17-20/h3-17,23,25,33H,1-2H3. The normalized spacial score (nSPS) is 34.2. The maximum Gasteiger partial charge on any atom is 0.251 e. The second-order valence-electron chi connectivity index (χ2n) is 9.83. The first-order chi connectivity index (χ1) is 16.3. The Morgan fingerprint density at radius 2 is 1.24 bits per heavy atom. The Labute approximate surface area is 212 Å². The number of para-hydroxylation sites is 1. The van der Waals surface area contributed by atoms with Gasteiger partial charge in [-0.25, -0.2) is 4.90 Å². The van der Waals surface area contributed by atoms with Crippen LogP contribution in [0.25, 0.3) is 11.1 Å². The summed E-state index contributed by atoms with van der Waals surface area (Å²) in [6.07, 6.45) is -0.891. The first-order valence-corrected chi connectivity index (χ1v) is 12.5. The molecular weight excluding hydrogens is 537 g/mol. The number of carbonyl (C=O) groups is 2. The summed E-state index contributed by atoms with van der Waals surface area (Å²) in [6, 6.07) is 29.1. The molecule has 2 aliphatic carbocycles. The van der Waals surface area contributed by atoms with Gasteiger partial charge in [0.2, 0.25) is 5.91 Å². The van der Waals surface area contributed by atoms with E-state index in [1.165, 1.54) is 4.90 Å². The van der Waals surface area contributed by atoms with Gasteiger partial charge in [0, 0.05) is 10.8 Å². The van der Waals surface area contributed by atoms with E-state index >= 15 is 0 Å². The molecule has 3 aromatic rings. The number of amides is 2. The van der Waals surface area contributed by atoms with E-state index in [2.05, 4.69) is 22.6 Å². The number of aliphatic hydroxyl groups is 1. The highest BCUT2D eigenvalue weighted by Crippen LogP contribution is 2.79. The number of halogens is 1. The second kappa shape index (κ2) is 7.12. The monoisotopic (exact) mass is 561 g/mol. The summed E-state index contributed by atoms with van der Waals surface area (Å²) in [6.45, 7) is 3.94. The van der Waals surface area contributed by atoms with Gasteiger partial charge < -0.3 is 5.11 Å². The highest BCUT2D eigenvalue weighted by Gasteiger charge is 2.85. The lowest BCUT2D eigenvalue weighted by molar-refractivity contribution is -0.125. The second-order valence-corrected chi connectivity index (χ2v) is 11.5. The number of alkyl halides is 1. The van der Waals surface area contributed by atoms with Crippen molar-refractivity contribution in [2.24, 2.45) is 16.7 Å². The zero-order chi connectivity index (χ0) is 23.9. The topological polar surface area (TPSA) is 57.6 Å². The van der Waals surface area contributed by atoms with E-state index in [-0.39, 0.29) is 11.8 Å². The molecule has 1 aliphatic heterocycles. The minimum atomic E-state index is -1.12. The van der Waals surface area contributed by atoms with E-state index in [4.69, 9.17) is 0 Å². The van der Waals surface area contributed by atoms with Crippen molar-refractivity contribution in [3.05, 3.63) is 102 Å². The molecule has 5 heteroatoms. The number of fused-ring (bicyclic) bond motifs is 5. The smallest absolute Gasteiger partial charge is 0.251 e. The van der Waals surface area contributed by atoms with Crippen LogP contribution in [0.2, 0.25) is 0 Å². The molecule has 1 saturated heterocycles. The van der Waals surface area contributed by atoms with Crippen LogP contribution in [0.4, 0.5) is 5.69 Å². The van der Waals surface area contributed by atoms with E-state index in [1.807, 2.05) is 92.7 Å². The molecule has 6 rings (SSSR count). The Hall–Kier alpha value is -2.77. The molecule has 1 saturated carbocycles. The Balaban J connectivity index is 1.67. The maximum atomic E-state index is 14.2. The Morgan fingerprint density at radius 1 is 0.765 bits per heavy atom. The average Bonchev–Trinajstić information content (AvgIpc) is 3.25. The molecule has 2 bridgehead atoms. The minimum Gasteiger partial charge on any atom is -0.391 e. The van der Waals surface area contributed by atoms with Gasteiger partial charge in [0.05, 0.1) is 17.7 Å². The molecule has 1 heterocycles. The minimum absolute atomic E-state index is 0.239. The summed E-state index contributed by atoms with van der Waals surface area (Å²) in [5.41, 5.74) is 2.54. The van der Waals surface area contributed by atoms with Gasteiger partial charge in [0.1, 0.15) is 3.42 Å². The molecule has 0 radical (unpaired) electrons. The number of benzene rings is 3.